The molecule has 1 aromatic heterocycles. The predicted molar refractivity (Wildman–Crippen MR) is 117 cm³/mol. The molecule has 2 saturated carbocycles. The number of hydrogen-bond donors (Lipinski definition) is 1. The number of hydrogen-bond acceptors (Lipinski definition) is 6. The maximum absolute atomic E-state index is 14.2. The van der Waals surface area contributed by atoms with Crippen LogP contribution in [0.5, 0.6) is 11.5 Å². The summed E-state index contributed by atoms with van der Waals surface area (Å²) in [5.41, 5.74) is 0.622. The molecule has 3 heterocycles. The van der Waals surface area contributed by atoms with E-state index in [1.54, 1.807) is 12.3 Å². The summed E-state index contributed by atoms with van der Waals surface area (Å²) >= 11 is 0. The summed E-state index contributed by atoms with van der Waals surface area (Å²) < 4.78 is 20.4. The third kappa shape index (κ3) is 3.70. The van der Waals surface area contributed by atoms with Gasteiger partial charge in [0.25, 0.3) is 5.91 Å². The molecule has 0 atom stereocenters. The van der Waals surface area contributed by atoms with Gasteiger partial charge in [0.15, 0.2) is 11.6 Å². The number of rotatable bonds is 6. The molecule has 0 radical (unpaired) electrons. The second kappa shape index (κ2) is 7.69. The minimum atomic E-state index is -0.438. The number of piperidine rings is 1. The Balaban J connectivity index is 1.26. The average Bonchev–Trinajstić information content (AvgIpc) is 3.70. The fourth-order valence-electron chi connectivity index (χ4n) is 5.16. The van der Waals surface area contributed by atoms with Gasteiger partial charge in [0.1, 0.15) is 17.9 Å². The summed E-state index contributed by atoms with van der Waals surface area (Å²) in [7, 11) is 0. The van der Waals surface area contributed by atoms with E-state index in [-0.39, 0.29) is 23.6 Å². The molecule has 1 amide bonds. The molecule has 2 aliphatic carbocycles. The average molecular weight is 438 g/mol. The van der Waals surface area contributed by atoms with E-state index in [0.29, 0.717) is 16.9 Å². The highest BCUT2D eigenvalue weighted by atomic mass is 19.1. The first-order valence-corrected chi connectivity index (χ1v) is 11.7. The van der Waals surface area contributed by atoms with Crippen LogP contribution in [0.15, 0.2) is 30.7 Å². The molecule has 4 aliphatic rings. The van der Waals surface area contributed by atoms with Crippen molar-refractivity contribution in [3.05, 3.63) is 42.1 Å². The lowest BCUT2D eigenvalue weighted by molar-refractivity contribution is 0.0726. The molecule has 2 aromatic rings. The van der Waals surface area contributed by atoms with E-state index in [2.05, 4.69) is 20.2 Å². The zero-order valence-electron chi connectivity index (χ0n) is 18.1. The molecule has 168 valence electrons. The van der Waals surface area contributed by atoms with Crippen LogP contribution >= 0.6 is 0 Å². The molecule has 6 rings (SSSR count). The fraction of sp³-hybridized carbons (Fsp3) is 0.542. The van der Waals surface area contributed by atoms with Crippen molar-refractivity contribution in [2.45, 2.75) is 50.6 Å². The van der Waals surface area contributed by atoms with E-state index in [9.17, 15) is 9.18 Å². The summed E-state index contributed by atoms with van der Waals surface area (Å²) in [6.07, 6.45) is 9.58. The van der Waals surface area contributed by atoms with Gasteiger partial charge in [-0.3, -0.25) is 4.79 Å². The quantitative estimate of drug-likeness (QED) is 0.747. The summed E-state index contributed by atoms with van der Waals surface area (Å²) in [6, 6.07) is 4.74. The zero-order valence-corrected chi connectivity index (χ0v) is 18.1. The van der Waals surface area contributed by atoms with Crippen LogP contribution in [0.3, 0.4) is 0 Å². The summed E-state index contributed by atoms with van der Waals surface area (Å²) in [6.45, 7) is 3.99. The van der Waals surface area contributed by atoms with E-state index in [1.165, 1.54) is 31.3 Å². The minimum absolute atomic E-state index is 0.138. The molecule has 0 bridgehead atoms. The Hall–Kier alpha value is -2.74. The number of halogens is 1. The maximum atomic E-state index is 14.2. The van der Waals surface area contributed by atoms with Crippen LogP contribution in [-0.4, -0.2) is 59.0 Å². The SMILES string of the molecule is O=C(c1cc(F)ccc1Oc1cncnc1N1CC2(CCNCC2)C1)N(C1CC1)C1CC1. The van der Waals surface area contributed by atoms with E-state index in [1.807, 2.05) is 4.90 Å². The molecule has 8 heteroatoms. The van der Waals surface area contributed by atoms with Crippen LogP contribution in [0.4, 0.5) is 10.2 Å². The van der Waals surface area contributed by atoms with Crippen LogP contribution in [0, 0.1) is 11.2 Å². The van der Waals surface area contributed by atoms with Crippen LogP contribution in [0.1, 0.15) is 48.9 Å². The van der Waals surface area contributed by atoms with Crippen molar-refractivity contribution in [3.63, 3.8) is 0 Å². The van der Waals surface area contributed by atoms with Crippen LogP contribution in [0.25, 0.3) is 0 Å². The Morgan fingerprint density at radius 3 is 2.53 bits per heavy atom. The summed E-state index contributed by atoms with van der Waals surface area (Å²) in [5, 5.41) is 3.43. The Kier molecular flexibility index (Phi) is 4.78. The van der Waals surface area contributed by atoms with Crippen molar-refractivity contribution in [1.29, 1.82) is 0 Å². The van der Waals surface area contributed by atoms with Gasteiger partial charge in [0.2, 0.25) is 0 Å². The second-order valence-electron chi connectivity index (χ2n) is 9.73. The molecular formula is C24H28FN5O2. The van der Waals surface area contributed by atoms with Gasteiger partial charge in [-0.25, -0.2) is 14.4 Å². The van der Waals surface area contributed by atoms with E-state index < -0.39 is 5.82 Å². The van der Waals surface area contributed by atoms with Crippen molar-refractivity contribution in [3.8, 4) is 11.5 Å². The summed E-state index contributed by atoms with van der Waals surface area (Å²) in [4.78, 5) is 26.2. The number of carbonyl (C=O) groups excluding carboxylic acids is 1. The van der Waals surface area contributed by atoms with E-state index in [0.717, 1.165) is 57.7 Å². The zero-order chi connectivity index (χ0) is 21.7. The first kappa shape index (κ1) is 19.9. The fourth-order valence-corrected chi connectivity index (χ4v) is 5.16. The maximum Gasteiger partial charge on any atom is 0.258 e. The third-order valence-corrected chi connectivity index (χ3v) is 7.18. The van der Waals surface area contributed by atoms with Gasteiger partial charge in [-0.05, 0) is 69.8 Å². The monoisotopic (exact) mass is 437 g/mol. The molecule has 4 fully saturated rings. The van der Waals surface area contributed by atoms with Gasteiger partial charge < -0.3 is 19.9 Å². The normalized spacial score (nSPS) is 21.8. The lowest BCUT2D eigenvalue weighted by Crippen LogP contribution is -2.60. The van der Waals surface area contributed by atoms with Gasteiger partial charge >= 0.3 is 0 Å². The van der Waals surface area contributed by atoms with Crippen molar-refractivity contribution in [2.24, 2.45) is 5.41 Å². The van der Waals surface area contributed by atoms with Gasteiger partial charge in [-0.1, -0.05) is 0 Å². The molecule has 1 N–H and O–H groups in total. The molecule has 7 nitrogen and oxygen atoms in total. The number of aromatic nitrogens is 2. The smallest absolute Gasteiger partial charge is 0.258 e. The number of amides is 1. The Bertz CT molecular complexity index is 1010. The molecule has 2 saturated heterocycles. The number of benzene rings is 1. The van der Waals surface area contributed by atoms with Crippen LogP contribution in [-0.2, 0) is 0 Å². The third-order valence-electron chi connectivity index (χ3n) is 7.18. The largest absolute Gasteiger partial charge is 0.451 e. The Labute approximate surface area is 187 Å². The summed E-state index contributed by atoms with van der Waals surface area (Å²) in [5.74, 6) is 1.01. The van der Waals surface area contributed by atoms with Crippen LogP contribution in [0.2, 0.25) is 0 Å². The molecular weight excluding hydrogens is 409 g/mol. The number of anilines is 1. The number of carbonyl (C=O) groups is 1. The van der Waals surface area contributed by atoms with Gasteiger partial charge in [-0.2, -0.15) is 0 Å². The van der Waals surface area contributed by atoms with E-state index in [4.69, 9.17) is 4.74 Å². The molecule has 32 heavy (non-hydrogen) atoms. The Morgan fingerprint density at radius 2 is 1.84 bits per heavy atom. The number of nitrogens with one attached hydrogen (secondary N) is 1. The first-order chi connectivity index (χ1) is 15.6. The van der Waals surface area contributed by atoms with Crippen molar-refractivity contribution in [2.75, 3.05) is 31.1 Å². The van der Waals surface area contributed by atoms with Gasteiger partial charge in [0, 0.05) is 30.6 Å². The minimum Gasteiger partial charge on any atom is -0.451 e. The van der Waals surface area contributed by atoms with E-state index >= 15 is 0 Å². The van der Waals surface area contributed by atoms with Gasteiger partial charge in [-0.15, -0.1) is 0 Å². The highest BCUT2D eigenvalue weighted by Gasteiger charge is 2.45. The standard InChI is InChI=1S/C24H28FN5O2/c25-16-1-6-20(19(11-16)23(31)30(17-2-3-17)18-4-5-18)32-21-12-27-15-28-22(21)29-13-24(14-29)7-9-26-10-8-24/h1,6,11-12,15,17-18,26H,2-5,7-10,13-14H2. The number of ether oxygens (including phenoxy) is 1. The second-order valence-corrected chi connectivity index (χ2v) is 9.73. The molecule has 0 unspecified atom stereocenters. The Morgan fingerprint density at radius 1 is 1.12 bits per heavy atom. The topological polar surface area (TPSA) is 70.6 Å². The van der Waals surface area contributed by atoms with Crippen molar-refractivity contribution >= 4 is 11.7 Å². The number of nitrogens with zero attached hydrogens (tertiary/aromatic N) is 4. The van der Waals surface area contributed by atoms with Crippen LogP contribution < -0.4 is 15.0 Å². The highest BCUT2D eigenvalue weighted by molar-refractivity contribution is 5.98. The first-order valence-electron chi connectivity index (χ1n) is 11.7. The van der Waals surface area contributed by atoms with Crippen molar-refractivity contribution < 1.29 is 13.9 Å². The molecule has 2 aliphatic heterocycles. The lowest BCUT2D eigenvalue weighted by Gasteiger charge is -2.53. The molecule has 1 aromatic carbocycles. The van der Waals surface area contributed by atoms with Gasteiger partial charge in [0.05, 0.1) is 11.8 Å². The highest BCUT2D eigenvalue weighted by Crippen LogP contribution is 2.44. The lowest BCUT2D eigenvalue weighted by atomic mass is 9.72. The predicted octanol–water partition coefficient (Wildman–Crippen LogP) is 3.36. The van der Waals surface area contributed by atoms with Crippen molar-refractivity contribution in [1.82, 2.24) is 20.2 Å². The molecule has 1 spiro atoms.